The molecule has 6 rings (SSSR count). The third kappa shape index (κ3) is 5.64. The molecule has 0 bridgehead atoms. The molecular formula is C32H33F3N2O4. The minimum atomic E-state index is -2.72. The second kappa shape index (κ2) is 10.7. The molecule has 2 aliphatic heterocycles. The molecule has 0 amide bonds. The van der Waals surface area contributed by atoms with E-state index in [0.717, 1.165) is 59.9 Å². The van der Waals surface area contributed by atoms with Crippen molar-refractivity contribution in [2.24, 2.45) is 11.8 Å². The number of halogens is 3. The highest BCUT2D eigenvalue weighted by atomic mass is 19.3. The van der Waals surface area contributed by atoms with Gasteiger partial charge in [-0.05, 0) is 71.4 Å². The van der Waals surface area contributed by atoms with Gasteiger partial charge in [-0.15, -0.1) is 0 Å². The van der Waals surface area contributed by atoms with Crippen molar-refractivity contribution in [1.29, 1.82) is 0 Å². The number of benzene rings is 2. The number of carboxylic acids is 1. The van der Waals surface area contributed by atoms with Crippen LogP contribution in [-0.4, -0.2) is 47.1 Å². The largest absolute Gasteiger partial charge is 0.485 e. The summed E-state index contributed by atoms with van der Waals surface area (Å²) in [5, 5.41) is 9.70. The van der Waals surface area contributed by atoms with Crippen LogP contribution in [0.4, 0.5) is 13.2 Å². The molecule has 3 heterocycles. The van der Waals surface area contributed by atoms with Crippen molar-refractivity contribution in [2.75, 3.05) is 20.2 Å². The maximum Gasteiger partial charge on any atom is 0.306 e. The van der Waals surface area contributed by atoms with Gasteiger partial charge in [-0.3, -0.25) is 9.69 Å². The van der Waals surface area contributed by atoms with E-state index in [-0.39, 0.29) is 37.5 Å². The first-order chi connectivity index (χ1) is 19.6. The van der Waals surface area contributed by atoms with Crippen molar-refractivity contribution in [2.45, 2.75) is 57.1 Å². The van der Waals surface area contributed by atoms with Gasteiger partial charge in [-0.25, -0.2) is 18.2 Å². The number of hydrogen-bond donors (Lipinski definition) is 1. The van der Waals surface area contributed by atoms with E-state index in [1.54, 1.807) is 11.8 Å². The number of aromatic nitrogens is 1. The summed E-state index contributed by atoms with van der Waals surface area (Å²) in [4.78, 5) is 17.4. The fraction of sp³-hybridized carbons (Fsp3) is 0.438. The Hall–Kier alpha value is -3.59. The van der Waals surface area contributed by atoms with Crippen LogP contribution in [0.2, 0.25) is 0 Å². The number of ether oxygens (including phenoxy) is 2. The van der Waals surface area contributed by atoms with Crippen LogP contribution in [0.15, 0.2) is 48.7 Å². The minimum absolute atomic E-state index is 0.0606. The SMILES string of the molecule is COc1cc(-c2ccc(C3CCc4ccc([C@H](C5CC5)[C@H](C)C(=O)O)cc4O3)cc2CN2CC(F)(F)C2)c(F)cn1. The number of alkyl halides is 2. The Labute approximate surface area is 237 Å². The fourth-order valence-corrected chi connectivity index (χ4v) is 6.31. The predicted octanol–water partition coefficient (Wildman–Crippen LogP) is 6.63. The Bertz CT molecular complexity index is 1470. The molecule has 41 heavy (non-hydrogen) atoms. The van der Waals surface area contributed by atoms with Crippen LogP contribution >= 0.6 is 0 Å². The zero-order valence-electron chi connectivity index (χ0n) is 23.1. The lowest BCUT2D eigenvalue weighted by Crippen LogP contribution is -2.55. The summed E-state index contributed by atoms with van der Waals surface area (Å²) in [6.45, 7) is 1.33. The summed E-state index contributed by atoms with van der Waals surface area (Å²) in [5.74, 6) is -3.20. The first kappa shape index (κ1) is 27.6. The third-order valence-electron chi connectivity index (χ3n) is 8.61. The average Bonchev–Trinajstić information content (AvgIpc) is 3.77. The van der Waals surface area contributed by atoms with Gasteiger partial charge in [-0.2, -0.15) is 0 Å². The number of carboxylic acid groups (broad SMARTS) is 1. The molecule has 0 radical (unpaired) electrons. The highest BCUT2D eigenvalue weighted by Crippen LogP contribution is 2.48. The number of carbonyl (C=O) groups is 1. The summed E-state index contributed by atoms with van der Waals surface area (Å²) in [5.41, 5.74) is 4.55. The van der Waals surface area contributed by atoms with Crippen LogP contribution in [0.5, 0.6) is 11.6 Å². The summed E-state index contributed by atoms with van der Waals surface area (Å²) in [6, 6.07) is 13.2. The second-order valence-corrected chi connectivity index (χ2v) is 11.6. The van der Waals surface area contributed by atoms with E-state index in [1.165, 1.54) is 13.2 Å². The average molecular weight is 567 g/mol. The summed E-state index contributed by atoms with van der Waals surface area (Å²) >= 11 is 0. The Morgan fingerprint density at radius 1 is 1.15 bits per heavy atom. The molecule has 216 valence electrons. The lowest BCUT2D eigenvalue weighted by molar-refractivity contribution is -0.142. The topological polar surface area (TPSA) is 71.9 Å². The molecule has 1 saturated heterocycles. The summed E-state index contributed by atoms with van der Waals surface area (Å²) in [6.07, 6.45) is 4.39. The zero-order valence-corrected chi connectivity index (χ0v) is 23.1. The monoisotopic (exact) mass is 566 g/mol. The standard InChI is InChI=1S/C32H33F3N2O4/c1-18(31(38)39)30(20-4-5-20)22-6-3-19-8-10-27(41-28(19)12-22)21-7-9-24(25-13-29(40-2)36-14-26(25)33)23(11-21)15-37-16-32(34,35)17-37/h3,6-7,9,11-14,18,20,27,30H,4-5,8,10,15-17H2,1-2H3,(H,38,39)/t18-,27?,30-/m0/s1. The number of likely N-dealkylation sites (tertiary alicyclic amines) is 1. The molecule has 3 aromatic rings. The number of fused-ring (bicyclic) bond motifs is 1. The number of nitrogens with zero attached hydrogens (tertiary/aromatic N) is 2. The van der Waals surface area contributed by atoms with Crippen molar-refractivity contribution >= 4 is 5.97 Å². The van der Waals surface area contributed by atoms with Gasteiger partial charge >= 0.3 is 5.97 Å². The van der Waals surface area contributed by atoms with Crippen molar-refractivity contribution in [1.82, 2.24) is 9.88 Å². The molecule has 2 fully saturated rings. The molecule has 2 aromatic carbocycles. The second-order valence-electron chi connectivity index (χ2n) is 11.6. The number of aliphatic carboxylic acids is 1. The van der Waals surface area contributed by atoms with Crippen LogP contribution in [0.3, 0.4) is 0 Å². The Kier molecular flexibility index (Phi) is 7.18. The van der Waals surface area contributed by atoms with Gasteiger partial charge in [0.1, 0.15) is 17.7 Å². The van der Waals surface area contributed by atoms with E-state index in [0.29, 0.717) is 17.0 Å². The number of pyridine rings is 1. The lowest BCUT2D eigenvalue weighted by Gasteiger charge is -2.39. The van der Waals surface area contributed by atoms with Crippen LogP contribution < -0.4 is 9.47 Å². The quantitative estimate of drug-likeness (QED) is 0.314. The first-order valence-electron chi connectivity index (χ1n) is 14.1. The maximum absolute atomic E-state index is 14.9. The molecule has 0 spiro atoms. The first-order valence-corrected chi connectivity index (χ1v) is 14.1. The van der Waals surface area contributed by atoms with Crippen LogP contribution in [-0.2, 0) is 17.8 Å². The van der Waals surface area contributed by atoms with Gasteiger partial charge in [0.15, 0.2) is 0 Å². The van der Waals surface area contributed by atoms with Gasteiger partial charge in [0.25, 0.3) is 5.92 Å². The number of methoxy groups -OCH3 is 1. The summed E-state index contributed by atoms with van der Waals surface area (Å²) < 4.78 is 53.9. The molecular weight excluding hydrogens is 533 g/mol. The van der Waals surface area contributed by atoms with Gasteiger partial charge in [0.05, 0.1) is 32.3 Å². The lowest BCUT2D eigenvalue weighted by atomic mass is 9.82. The van der Waals surface area contributed by atoms with Gasteiger partial charge < -0.3 is 14.6 Å². The molecule has 3 atom stereocenters. The van der Waals surface area contributed by atoms with Gasteiger partial charge in [0, 0.05) is 18.2 Å². The summed E-state index contributed by atoms with van der Waals surface area (Å²) in [7, 11) is 1.45. The zero-order chi connectivity index (χ0) is 28.9. The molecule has 3 aliphatic rings. The van der Waals surface area contributed by atoms with E-state index >= 15 is 0 Å². The number of aryl methyl sites for hydroxylation is 1. The van der Waals surface area contributed by atoms with E-state index < -0.39 is 23.6 Å². The van der Waals surface area contributed by atoms with Crippen molar-refractivity contribution in [3.05, 3.63) is 76.7 Å². The molecule has 1 unspecified atom stereocenters. The van der Waals surface area contributed by atoms with Gasteiger partial charge in [-0.1, -0.05) is 37.3 Å². The maximum atomic E-state index is 14.9. The fourth-order valence-electron chi connectivity index (χ4n) is 6.31. The smallest absolute Gasteiger partial charge is 0.306 e. The Balaban J connectivity index is 1.31. The Morgan fingerprint density at radius 3 is 2.61 bits per heavy atom. The molecule has 1 N–H and O–H groups in total. The molecule has 1 aliphatic carbocycles. The third-order valence-corrected chi connectivity index (χ3v) is 8.61. The normalized spacial score (nSPS) is 21.2. The van der Waals surface area contributed by atoms with E-state index in [2.05, 4.69) is 4.98 Å². The molecule has 1 saturated carbocycles. The van der Waals surface area contributed by atoms with Crippen LogP contribution in [0.1, 0.15) is 60.5 Å². The van der Waals surface area contributed by atoms with E-state index in [4.69, 9.17) is 9.47 Å². The van der Waals surface area contributed by atoms with E-state index in [9.17, 15) is 23.1 Å². The van der Waals surface area contributed by atoms with Crippen molar-refractivity contribution < 1.29 is 32.5 Å². The highest BCUT2D eigenvalue weighted by molar-refractivity contribution is 5.71. The molecule has 1 aromatic heterocycles. The predicted molar refractivity (Wildman–Crippen MR) is 147 cm³/mol. The van der Waals surface area contributed by atoms with E-state index in [1.807, 2.05) is 36.4 Å². The van der Waals surface area contributed by atoms with Crippen LogP contribution in [0, 0.1) is 17.7 Å². The number of rotatable bonds is 9. The molecule has 6 nitrogen and oxygen atoms in total. The Morgan fingerprint density at radius 2 is 1.93 bits per heavy atom. The molecule has 9 heteroatoms. The van der Waals surface area contributed by atoms with Crippen molar-refractivity contribution in [3.63, 3.8) is 0 Å². The van der Waals surface area contributed by atoms with Crippen LogP contribution in [0.25, 0.3) is 11.1 Å². The minimum Gasteiger partial charge on any atom is -0.485 e. The number of hydrogen-bond acceptors (Lipinski definition) is 5. The van der Waals surface area contributed by atoms with Crippen molar-refractivity contribution in [3.8, 4) is 22.8 Å². The highest BCUT2D eigenvalue weighted by Gasteiger charge is 2.44. The van der Waals surface area contributed by atoms with Gasteiger partial charge in [0.2, 0.25) is 5.88 Å².